The second-order valence-corrected chi connectivity index (χ2v) is 5.20. The molecule has 1 atom stereocenters. The van der Waals surface area contributed by atoms with E-state index in [-0.39, 0.29) is 25.6 Å². The first-order valence-electron chi connectivity index (χ1n) is 6.07. The number of phosphoric acid groups is 1. The molecule has 112 valence electrons. The summed E-state index contributed by atoms with van der Waals surface area (Å²) in [7, 11) is -2.60. The van der Waals surface area contributed by atoms with Crippen LogP contribution in [0.3, 0.4) is 0 Å². The first kappa shape index (κ1) is 14.8. The Balaban J connectivity index is 2.60. The van der Waals surface area contributed by atoms with Crippen molar-refractivity contribution in [3.05, 3.63) is 29.8 Å². The van der Waals surface area contributed by atoms with Gasteiger partial charge < -0.3 is 20.1 Å². The molecule has 9 heteroatoms. The third-order valence-electron chi connectivity index (χ3n) is 2.07. The van der Waals surface area contributed by atoms with E-state index in [0.717, 1.165) is 0 Å². The number of hydrogen-bond donors (Lipinski definition) is 2. The van der Waals surface area contributed by atoms with Crippen molar-refractivity contribution in [3.63, 3.8) is 0 Å². The lowest BCUT2D eigenvalue weighted by Crippen LogP contribution is -2.12. The van der Waals surface area contributed by atoms with E-state index in [4.69, 9.17) is 15.6 Å². The maximum absolute atomic E-state index is 12.0. The first-order valence-corrected chi connectivity index (χ1v) is 7.03. The quantitative estimate of drug-likeness (QED) is 0.697. The molecule has 1 unspecified atom stereocenters. The maximum atomic E-state index is 12.0. The number of benzene rings is 1. The molecule has 0 aliphatic rings. The molecule has 1 amide bonds. The van der Waals surface area contributed by atoms with Crippen LogP contribution >= 0.6 is 7.82 Å². The molecule has 0 radical (unpaired) electrons. The summed E-state index contributed by atoms with van der Waals surface area (Å²) < 4.78 is 37.8. The molecule has 0 spiro atoms. The Morgan fingerprint density at radius 3 is 2.70 bits per heavy atom. The number of aliphatic hydroxyl groups is 1. The van der Waals surface area contributed by atoms with Gasteiger partial charge in [0.05, 0.1) is 13.2 Å². The Bertz CT molecular complexity index is 496. The Morgan fingerprint density at radius 1 is 1.45 bits per heavy atom. The summed E-state index contributed by atoms with van der Waals surface area (Å²) in [5, 5.41) is 8.63. The normalized spacial score (nSPS) is 14.0. The molecule has 20 heavy (non-hydrogen) atoms. The molecule has 3 N–H and O–H groups in total. The van der Waals surface area contributed by atoms with Crippen LogP contribution in [0.15, 0.2) is 24.3 Å². The van der Waals surface area contributed by atoms with Crippen molar-refractivity contribution in [3.8, 4) is 5.75 Å². The van der Waals surface area contributed by atoms with Gasteiger partial charge in [-0.2, -0.15) is 0 Å². The van der Waals surface area contributed by atoms with Gasteiger partial charge in [-0.25, -0.2) is 9.36 Å². The lowest BCUT2D eigenvalue weighted by Gasteiger charge is -2.16. The molecule has 1 rings (SSSR count). The van der Waals surface area contributed by atoms with Gasteiger partial charge in [-0.15, -0.1) is 0 Å². The van der Waals surface area contributed by atoms with Crippen LogP contribution < -0.4 is 10.3 Å². The van der Waals surface area contributed by atoms with Gasteiger partial charge >= 0.3 is 13.9 Å². The summed E-state index contributed by atoms with van der Waals surface area (Å²) >= 11 is 0. The predicted octanol–water partition coefficient (Wildman–Crippen LogP) is 1.42. The fourth-order valence-corrected chi connectivity index (χ4v) is 2.11. The highest BCUT2D eigenvalue weighted by molar-refractivity contribution is 7.48. The van der Waals surface area contributed by atoms with Crippen molar-refractivity contribution in [1.29, 1.82) is 0 Å². The zero-order valence-electron chi connectivity index (χ0n) is 11.8. The summed E-state index contributed by atoms with van der Waals surface area (Å²) in [6, 6.07) is 6.15. The Hall–Kier alpha value is -1.60. The fraction of sp³-hybridized carbons (Fsp3) is 0.364. The topological polar surface area (TPSA) is 117 Å². The summed E-state index contributed by atoms with van der Waals surface area (Å²) in [5.74, 6) is 0.229. The van der Waals surface area contributed by atoms with E-state index in [1.54, 1.807) is 17.9 Å². The average Bonchev–Trinajstić information content (AvgIpc) is 2.52. The fourth-order valence-electron chi connectivity index (χ4n) is 1.19. The smallest absolute Gasteiger partial charge is 0.445 e. The van der Waals surface area contributed by atoms with E-state index in [2.05, 4.69) is 9.26 Å². The number of carbonyl (C=O) groups excluding carboxylic acids is 1. The summed E-state index contributed by atoms with van der Waals surface area (Å²) in [5.41, 5.74) is 2.23. The highest BCUT2D eigenvalue weighted by Crippen LogP contribution is 2.48. The standard InChI is InChI=1S/C11H16NO7P/c1-16-20(15,18-7-6-13)19-10-4-2-9(3-5-10)8-17-11(12)14/h2-5,13H,6-8H2,1H3,(H2,12,14)/i/hD. The highest BCUT2D eigenvalue weighted by Gasteiger charge is 2.26. The molecule has 1 aromatic carbocycles. The van der Waals surface area contributed by atoms with Crippen molar-refractivity contribution >= 4 is 13.9 Å². The molecule has 0 aliphatic heterocycles. The Kier molecular flexibility index (Phi) is 5.82. The number of phosphoric ester groups is 1. The average molecular weight is 306 g/mol. The molecule has 0 saturated carbocycles. The molecule has 0 heterocycles. The van der Waals surface area contributed by atoms with Gasteiger partial charge in [-0.1, -0.05) is 12.1 Å². The molecule has 1 aromatic rings. The van der Waals surface area contributed by atoms with Crippen LogP contribution in [0.2, 0.25) is 1.41 Å². The highest BCUT2D eigenvalue weighted by atomic mass is 31.2. The first-order chi connectivity index (χ1) is 10.0. The van der Waals surface area contributed by atoms with Gasteiger partial charge in [0.1, 0.15) is 12.4 Å². The van der Waals surface area contributed by atoms with Crippen molar-refractivity contribution in [2.45, 2.75) is 6.61 Å². The van der Waals surface area contributed by atoms with Crippen LogP contribution in [0.5, 0.6) is 5.75 Å². The second-order valence-electron chi connectivity index (χ2n) is 3.50. The maximum Gasteiger partial charge on any atom is 0.529 e. The van der Waals surface area contributed by atoms with Gasteiger partial charge in [0.25, 0.3) is 0 Å². The van der Waals surface area contributed by atoms with E-state index in [9.17, 15) is 9.36 Å². The second kappa shape index (κ2) is 7.86. The summed E-state index contributed by atoms with van der Waals surface area (Å²) in [6.45, 7) is -0.516. The van der Waals surface area contributed by atoms with Gasteiger partial charge in [0.2, 0.25) is 0 Å². The third kappa shape index (κ3) is 5.58. The van der Waals surface area contributed by atoms with Crippen LogP contribution in [0.25, 0.3) is 0 Å². The van der Waals surface area contributed by atoms with Crippen molar-refractivity contribution in [1.82, 2.24) is 0 Å². The van der Waals surface area contributed by atoms with Crippen molar-refractivity contribution in [2.75, 3.05) is 20.3 Å². The monoisotopic (exact) mass is 306 g/mol. The largest absolute Gasteiger partial charge is 0.529 e. The molecule has 8 nitrogen and oxygen atoms in total. The third-order valence-corrected chi connectivity index (χ3v) is 3.46. The zero-order chi connectivity index (χ0) is 15.7. The Labute approximate surface area is 117 Å². The molecule has 0 aromatic heterocycles. The van der Waals surface area contributed by atoms with Crippen molar-refractivity contribution < 1.29 is 34.2 Å². The van der Waals surface area contributed by atoms with E-state index in [0.29, 0.717) is 5.56 Å². The number of hydrogen-bond acceptors (Lipinski definition) is 7. The van der Waals surface area contributed by atoms with Crippen LogP contribution in [-0.4, -0.2) is 31.5 Å². The van der Waals surface area contributed by atoms with Crippen molar-refractivity contribution in [2.24, 2.45) is 5.73 Å². The lowest BCUT2D eigenvalue weighted by atomic mass is 10.2. The minimum atomic E-state index is -3.77. The molecule has 0 aliphatic carbocycles. The summed E-state index contributed by atoms with van der Waals surface area (Å²) in [6.07, 6.45) is -0.864. The Morgan fingerprint density at radius 2 is 2.15 bits per heavy atom. The molecular weight excluding hydrogens is 289 g/mol. The predicted molar refractivity (Wildman–Crippen MR) is 69.1 cm³/mol. The minimum absolute atomic E-state index is 0.0199. The molecule has 0 saturated heterocycles. The van der Waals surface area contributed by atoms with Crippen LogP contribution in [-0.2, 0) is 25.0 Å². The molecule has 0 fully saturated rings. The van der Waals surface area contributed by atoms with E-state index in [1.165, 1.54) is 19.2 Å². The van der Waals surface area contributed by atoms with Gasteiger partial charge in [-0.05, 0) is 17.7 Å². The lowest BCUT2D eigenvalue weighted by molar-refractivity contribution is 0.142. The van der Waals surface area contributed by atoms with Gasteiger partial charge in [0.15, 0.2) is 1.41 Å². The van der Waals surface area contributed by atoms with Crippen LogP contribution in [0.1, 0.15) is 5.56 Å². The SMILES string of the molecule is [2H]NC(=O)OCc1ccc(OP(=O)(OC)OCCO)cc1. The number of rotatable bonds is 8. The van der Waals surface area contributed by atoms with Crippen LogP contribution in [0.4, 0.5) is 4.79 Å². The number of carbonyl (C=O) groups is 1. The number of nitrogens with two attached hydrogens (primary N) is 1. The minimum Gasteiger partial charge on any atom is -0.445 e. The molecule has 0 bridgehead atoms. The van der Waals surface area contributed by atoms with E-state index >= 15 is 0 Å². The zero-order valence-corrected chi connectivity index (χ0v) is 11.7. The number of ether oxygens (including phenoxy) is 1. The van der Waals surface area contributed by atoms with E-state index in [1.807, 2.05) is 0 Å². The van der Waals surface area contributed by atoms with Gasteiger partial charge in [-0.3, -0.25) is 9.05 Å². The number of amides is 1. The number of primary amides is 1. The van der Waals surface area contributed by atoms with Gasteiger partial charge in [0, 0.05) is 7.11 Å². The van der Waals surface area contributed by atoms with Crippen LogP contribution in [0, 0.1) is 0 Å². The molecular formula is C11H16NO7P. The summed E-state index contributed by atoms with van der Waals surface area (Å²) in [4.78, 5) is 10.7. The van der Waals surface area contributed by atoms with E-state index < -0.39 is 13.9 Å². The number of aliphatic hydroxyl groups excluding tert-OH is 1.